The Morgan fingerprint density at radius 2 is 2.00 bits per heavy atom. The molecule has 1 aliphatic carbocycles. The van der Waals surface area contributed by atoms with Crippen molar-refractivity contribution < 1.29 is 4.74 Å². The van der Waals surface area contributed by atoms with Crippen LogP contribution in [0.1, 0.15) is 29.0 Å². The highest BCUT2D eigenvalue weighted by atomic mass is 79.9. The van der Waals surface area contributed by atoms with Gasteiger partial charge in [0.2, 0.25) is 0 Å². The number of methoxy groups -OCH3 is 1. The standard InChI is InChI=1S/C19H21BrClNO/c1-22(2)15-8-13-9-18(21)19(23-3)11-17(13)16(10-15)12-5-4-6-14(20)7-12/h4-7,9,11,15-16H,8,10H2,1-3H3/t15-,16-/m0/s1. The molecule has 0 unspecified atom stereocenters. The minimum absolute atomic E-state index is 0.356. The van der Waals surface area contributed by atoms with Gasteiger partial charge in [-0.25, -0.2) is 0 Å². The summed E-state index contributed by atoms with van der Waals surface area (Å²) < 4.78 is 6.56. The third-order valence-corrected chi connectivity index (χ3v) is 5.52. The fraction of sp³-hybridized carbons (Fsp3) is 0.368. The number of hydrogen-bond acceptors (Lipinski definition) is 2. The molecule has 0 bridgehead atoms. The van der Waals surface area contributed by atoms with Crippen LogP contribution in [0.25, 0.3) is 0 Å². The molecule has 0 N–H and O–H groups in total. The lowest BCUT2D eigenvalue weighted by Gasteiger charge is -2.36. The van der Waals surface area contributed by atoms with E-state index in [1.165, 1.54) is 16.7 Å². The lowest BCUT2D eigenvalue weighted by atomic mass is 9.76. The molecule has 0 radical (unpaired) electrons. The summed E-state index contributed by atoms with van der Waals surface area (Å²) in [5, 5.41) is 0.693. The van der Waals surface area contributed by atoms with E-state index in [0.29, 0.717) is 17.0 Å². The smallest absolute Gasteiger partial charge is 0.137 e. The first-order chi connectivity index (χ1) is 11.0. The van der Waals surface area contributed by atoms with E-state index in [-0.39, 0.29) is 0 Å². The third kappa shape index (κ3) is 3.42. The molecule has 122 valence electrons. The molecule has 4 heteroatoms. The van der Waals surface area contributed by atoms with E-state index in [0.717, 1.165) is 23.1 Å². The number of likely N-dealkylation sites (N-methyl/N-ethyl adjacent to an activating group) is 1. The highest BCUT2D eigenvalue weighted by Gasteiger charge is 2.30. The number of hydrogen-bond donors (Lipinski definition) is 0. The van der Waals surface area contributed by atoms with Gasteiger partial charge in [0.25, 0.3) is 0 Å². The molecule has 0 aromatic heterocycles. The number of halogens is 2. The lowest BCUT2D eigenvalue weighted by molar-refractivity contribution is 0.258. The van der Waals surface area contributed by atoms with E-state index in [1.807, 2.05) is 0 Å². The number of ether oxygens (including phenoxy) is 1. The van der Waals surface area contributed by atoms with E-state index in [1.54, 1.807) is 7.11 Å². The maximum atomic E-state index is 6.36. The number of benzene rings is 2. The Morgan fingerprint density at radius 1 is 1.22 bits per heavy atom. The van der Waals surface area contributed by atoms with Crippen molar-refractivity contribution in [1.29, 1.82) is 0 Å². The Kier molecular flexibility index (Phi) is 5.00. The van der Waals surface area contributed by atoms with Gasteiger partial charge < -0.3 is 9.64 Å². The van der Waals surface area contributed by atoms with Crippen molar-refractivity contribution in [2.45, 2.75) is 24.8 Å². The molecule has 3 rings (SSSR count). The summed E-state index contributed by atoms with van der Waals surface area (Å²) in [5.74, 6) is 1.11. The van der Waals surface area contributed by atoms with Gasteiger partial charge in [0.15, 0.2) is 0 Å². The average molecular weight is 395 g/mol. The van der Waals surface area contributed by atoms with Crippen molar-refractivity contribution >= 4 is 27.5 Å². The van der Waals surface area contributed by atoms with Crippen LogP contribution in [0.4, 0.5) is 0 Å². The summed E-state index contributed by atoms with van der Waals surface area (Å²) in [6.07, 6.45) is 2.12. The normalized spacial score (nSPS) is 20.4. The molecular formula is C19H21BrClNO. The first kappa shape index (κ1) is 16.8. The van der Waals surface area contributed by atoms with Gasteiger partial charge in [0.05, 0.1) is 12.1 Å². The van der Waals surface area contributed by atoms with Crippen molar-refractivity contribution in [3.63, 3.8) is 0 Å². The summed E-state index contributed by atoms with van der Waals surface area (Å²) in [4.78, 5) is 2.31. The fourth-order valence-corrected chi connectivity index (χ4v) is 4.12. The van der Waals surface area contributed by atoms with Crippen LogP contribution in [0.3, 0.4) is 0 Å². The monoisotopic (exact) mass is 393 g/mol. The van der Waals surface area contributed by atoms with Crippen molar-refractivity contribution in [2.24, 2.45) is 0 Å². The van der Waals surface area contributed by atoms with Gasteiger partial charge in [-0.2, -0.15) is 0 Å². The van der Waals surface area contributed by atoms with Crippen LogP contribution in [-0.4, -0.2) is 32.1 Å². The van der Waals surface area contributed by atoms with Gasteiger partial charge in [-0.15, -0.1) is 0 Å². The van der Waals surface area contributed by atoms with E-state index in [2.05, 4.69) is 71.3 Å². The molecule has 0 heterocycles. The summed E-state index contributed by atoms with van der Waals surface area (Å²) in [6, 6.07) is 13.3. The number of rotatable bonds is 3. The molecular weight excluding hydrogens is 374 g/mol. The fourth-order valence-electron chi connectivity index (χ4n) is 3.44. The summed E-state index contributed by atoms with van der Waals surface area (Å²) in [7, 11) is 5.98. The molecule has 0 spiro atoms. The predicted octanol–water partition coefficient (Wildman–Crippen LogP) is 5.12. The van der Waals surface area contributed by atoms with Crippen molar-refractivity contribution in [3.05, 3.63) is 62.6 Å². The maximum absolute atomic E-state index is 6.36. The second kappa shape index (κ2) is 6.84. The van der Waals surface area contributed by atoms with Crippen LogP contribution in [0, 0.1) is 0 Å². The third-order valence-electron chi connectivity index (χ3n) is 4.73. The zero-order chi connectivity index (χ0) is 16.6. The molecule has 0 fully saturated rings. The van der Waals surface area contributed by atoms with Crippen molar-refractivity contribution in [3.8, 4) is 5.75 Å². The van der Waals surface area contributed by atoms with Gasteiger partial charge in [0.1, 0.15) is 5.75 Å². The zero-order valence-corrected chi connectivity index (χ0v) is 16.0. The zero-order valence-electron chi connectivity index (χ0n) is 13.6. The summed E-state index contributed by atoms with van der Waals surface area (Å²) >= 11 is 9.96. The van der Waals surface area contributed by atoms with Gasteiger partial charge >= 0.3 is 0 Å². The number of nitrogens with zero attached hydrogens (tertiary/aromatic N) is 1. The molecule has 1 aliphatic rings. The molecule has 0 saturated heterocycles. The minimum Gasteiger partial charge on any atom is -0.495 e. The van der Waals surface area contributed by atoms with Crippen LogP contribution in [0.2, 0.25) is 5.02 Å². The second-order valence-corrected chi connectivity index (χ2v) is 7.67. The molecule has 2 aromatic carbocycles. The first-order valence-corrected chi connectivity index (χ1v) is 8.95. The molecule has 0 saturated carbocycles. The molecule has 2 nitrogen and oxygen atoms in total. The Balaban J connectivity index is 2.12. The Hall–Kier alpha value is -1.03. The quantitative estimate of drug-likeness (QED) is 0.716. The SMILES string of the molecule is COc1cc2c(cc1Cl)C[C@H](N(C)C)C[C@H]2c1cccc(Br)c1. The Morgan fingerprint density at radius 3 is 2.65 bits per heavy atom. The van der Waals surface area contributed by atoms with E-state index in [9.17, 15) is 0 Å². The van der Waals surface area contributed by atoms with Gasteiger partial charge in [-0.05, 0) is 67.9 Å². The van der Waals surface area contributed by atoms with Crippen LogP contribution < -0.4 is 4.74 Å². The van der Waals surface area contributed by atoms with Gasteiger partial charge in [-0.1, -0.05) is 39.7 Å². The summed E-state index contributed by atoms with van der Waals surface area (Å²) in [5.41, 5.74) is 3.99. The molecule has 0 amide bonds. The Bertz CT molecular complexity index is 717. The maximum Gasteiger partial charge on any atom is 0.137 e. The molecule has 2 atom stereocenters. The number of fused-ring (bicyclic) bond motifs is 1. The van der Waals surface area contributed by atoms with E-state index >= 15 is 0 Å². The molecule has 23 heavy (non-hydrogen) atoms. The van der Waals surface area contributed by atoms with E-state index < -0.39 is 0 Å². The second-order valence-electron chi connectivity index (χ2n) is 6.35. The lowest BCUT2D eigenvalue weighted by Crippen LogP contribution is -2.35. The highest BCUT2D eigenvalue weighted by Crippen LogP contribution is 2.42. The Labute approximate surface area is 151 Å². The first-order valence-electron chi connectivity index (χ1n) is 7.77. The van der Waals surface area contributed by atoms with Crippen LogP contribution in [0.15, 0.2) is 40.9 Å². The van der Waals surface area contributed by atoms with Crippen LogP contribution >= 0.6 is 27.5 Å². The van der Waals surface area contributed by atoms with Crippen molar-refractivity contribution in [1.82, 2.24) is 4.90 Å². The average Bonchev–Trinajstić information content (AvgIpc) is 2.52. The van der Waals surface area contributed by atoms with Crippen LogP contribution in [-0.2, 0) is 6.42 Å². The molecule has 0 aliphatic heterocycles. The topological polar surface area (TPSA) is 12.5 Å². The minimum atomic E-state index is 0.356. The predicted molar refractivity (Wildman–Crippen MR) is 99.8 cm³/mol. The van der Waals surface area contributed by atoms with Gasteiger partial charge in [-0.3, -0.25) is 0 Å². The van der Waals surface area contributed by atoms with Crippen LogP contribution in [0.5, 0.6) is 5.75 Å². The van der Waals surface area contributed by atoms with Gasteiger partial charge in [0, 0.05) is 16.4 Å². The van der Waals surface area contributed by atoms with Crippen molar-refractivity contribution in [2.75, 3.05) is 21.2 Å². The molecule has 2 aromatic rings. The largest absolute Gasteiger partial charge is 0.495 e. The highest BCUT2D eigenvalue weighted by molar-refractivity contribution is 9.10. The van der Waals surface area contributed by atoms with E-state index in [4.69, 9.17) is 16.3 Å². The summed E-state index contributed by atoms with van der Waals surface area (Å²) in [6.45, 7) is 0.